The number of benzene rings is 1. The Balaban J connectivity index is 2.04. The second-order valence-corrected chi connectivity index (χ2v) is 4.93. The lowest BCUT2D eigenvalue weighted by Crippen LogP contribution is -2.16. The van der Waals surface area contributed by atoms with Crippen LogP contribution in [0.25, 0.3) is 0 Å². The lowest BCUT2D eigenvalue weighted by atomic mass is 10.3. The standard InChI is InChI=1S/C11H9BrN2OS/c12-9(11-13-6-7-16-11)10(15)14-8-4-2-1-3-5-8/h1-7,9H,(H,14,15). The van der Waals surface area contributed by atoms with Crippen molar-refractivity contribution in [1.29, 1.82) is 0 Å². The number of carbonyl (C=O) groups excluding carboxylic acids is 1. The Morgan fingerprint density at radius 2 is 2.12 bits per heavy atom. The predicted octanol–water partition coefficient (Wildman–Crippen LogP) is 3.22. The quantitative estimate of drug-likeness (QED) is 0.884. The number of nitrogens with zero attached hydrogens (tertiary/aromatic N) is 1. The van der Waals surface area contributed by atoms with Crippen molar-refractivity contribution in [2.75, 3.05) is 5.32 Å². The highest BCUT2D eigenvalue weighted by molar-refractivity contribution is 9.09. The zero-order valence-electron chi connectivity index (χ0n) is 8.26. The third kappa shape index (κ3) is 2.68. The third-order valence-electron chi connectivity index (χ3n) is 1.94. The molecular formula is C11H9BrN2OS. The molecule has 16 heavy (non-hydrogen) atoms. The number of amides is 1. The largest absolute Gasteiger partial charge is 0.325 e. The molecule has 1 N–H and O–H groups in total. The topological polar surface area (TPSA) is 42.0 Å². The zero-order valence-corrected chi connectivity index (χ0v) is 10.7. The van der Waals surface area contributed by atoms with E-state index in [9.17, 15) is 4.79 Å². The van der Waals surface area contributed by atoms with Gasteiger partial charge in [-0.15, -0.1) is 11.3 Å². The molecule has 0 saturated heterocycles. The number of thiazole rings is 1. The van der Waals surface area contributed by atoms with Gasteiger partial charge in [0.05, 0.1) is 0 Å². The Labute approximate surface area is 106 Å². The molecule has 1 unspecified atom stereocenters. The molecule has 0 fully saturated rings. The average Bonchev–Trinajstić information content (AvgIpc) is 2.83. The van der Waals surface area contributed by atoms with Gasteiger partial charge in [-0.3, -0.25) is 4.79 Å². The molecule has 0 aliphatic carbocycles. The van der Waals surface area contributed by atoms with Crippen molar-refractivity contribution in [2.45, 2.75) is 4.83 Å². The van der Waals surface area contributed by atoms with E-state index in [1.807, 2.05) is 35.7 Å². The molecule has 0 aliphatic heterocycles. The van der Waals surface area contributed by atoms with Crippen LogP contribution in [0.5, 0.6) is 0 Å². The van der Waals surface area contributed by atoms with Crippen LogP contribution >= 0.6 is 27.3 Å². The van der Waals surface area contributed by atoms with E-state index in [1.54, 1.807) is 6.20 Å². The molecule has 2 aromatic rings. The summed E-state index contributed by atoms with van der Waals surface area (Å²) in [5.74, 6) is -0.110. The molecule has 3 nitrogen and oxygen atoms in total. The van der Waals surface area contributed by atoms with Crippen molar-refractivity contribution in [3.63, 3.8) is 0 Å². The van der Waals surface area contributed by atoms with Crippen LogP contribution in [0.4, 0.5) is 5.69 Å². The summed E-state index contributed by atoms with van der Waals surface area (Å²) in [6.07, 6.45) is 1.68. The van der Waals surface area contributed by atoms with Crippen LogP contribution in [0.1, 0.15) is 9.83 Å². The van der Waals surface area contributed by atoms with Gasteiger partial charge in [0.25, 0.3) is 0 Å². The molecule has 0 bridgehead atoms. The van der Waals surface area contributed by atoms with Gasteiger partial charge in [0.1, 0.15) is 9.83 Å². The maximum absolute atomic E-state index is 11.8. The molecular weight excluding hydrogens is 288 g/mol. The lowest BCUT2D eigenvalue weighted by Gasteiger charge is -2.08. The second-order valence-electron chi connectivity index (χ2n) is 3.09. The molecule has 82 valence electrons. The van der Waals surface area contributed by atoms with Gasteiger partial charge in [-0.25, -0.2) is 4.98 Å². The highest BCUT2D eigenvalue weighted by atomic mass is 79.9. The van der Waals surface area contributed by atoms with E-state index in [1.165, 1.54) is 11.3 Å². The molecule has 1 heterocycles. The van der Waals surface area contributed by atoms with Crippen LogP contribution < -0.4 is 5.32 Å². The number of carbonyl (C=O) groups is 1. The van der Waals surface area contributed by atoms with E-state index in [0.717, 1.165) is 10.7 Å². The van der Waals surface area contributed by atoms with Gasteiger partial charge in [-0.05, 0) is 12.1 Å². The maximum Gasteiger partial charge on any atom is 0.245 e. The highest BCUT2D eigenvalue weighted by Crippen LogP contribution is 2.25. The number of para-hydroxylation sites is 1. The number of hydrogen-bond donors (Lipinski definition) is 1. The number of halogens is 1. The van der Waals surface area contributed by atoms with Gasteiger partial charge in [0, 0.05) is 17.3 Å². The van der Waals surface area contributed by atoms with Crippen molar-refractivity contribution < 1.29 is 4.79 Å². The van der Waals surface area contributed by atoms with Crippen molar-refractivity contribution >= 4 is 38.9 Å². The van der Waals surface area contributed by atoms with Crippen molar-refractivity contribution in [3.05, 3.63) is 46.9 Å². The van der Waals surface area contributed by atoms with Crippen LogP contribution in [0, 0.1) is 0 Å². The fourth-order valence-electron chi connectivity index (χ4n) is 1.20. The highest BCUT2D eigenvalue weighted by Gasteiger charge is 2.19. The Hall–Kier alpha value is -1.20. The summed E-state index contributed by atoms with van der Waals surface area (Å²) in [4.78, 5) is 15.5. The molecule has 1 atom stereocenters. The van der Waals surface area contributed by atoms with Crippen molar-refractivity contribution in [2.24, 2.45) is 0 Å². The Morgan fingerprint density at radius 3 is 2.75 bits per heavy atom. The molecule has 1 aromatic heterocycles. The summed E-state index contributed by atoms with van der Waals surface area (Å²) in [6.45, 7) is 0. The Bertz CT molecular complexity index is 458. The first-order valence-electron chi connectivity index (χ1n) is 4.67. The molecule has 1 aromatic carbocycles. The van der Waals surface area contributed by atoms with Crippen LogP contribution in [0.15, 0.2) is 41.9 Å². The lowest BCUT2D eigenvalue weighted by molar-refractivity contribution is -0.115. The Morgan fingerprint density at radius 1 is 1.38 bits per heavy atom. The fourth-order valence-corrected chi connectivity index (χ4v) is 2.36. The van der Waals surface area contributed by atoms with E-state index in [0.29, 0.717) is 0 Å². The second kappa shape index (κ2) is 5.23. The van der Waals surface area contributed by atoms with Gasteiger partial charge >= 0.3 is 0 Å². The van der Waals surface area contributed by atoms with Gasteiger partial charge in [0.15, 0.2) is 0 Å². The SMILES string of the molecule is O=C(Nc1ccccc1)C(Br)c1nccs1. The van der Waals surface area contributed by atoms with Crippen LogP contribution in [0.3, 0.4) is 0 Å². The van der Waals surface area contributed by atoms with E-state index >= 15 is 0 Å². The van der Waals surface area contributed by atoms with Crippen molar-refractivity contribution in [3.8, 4) is 0 Å². The summed E-state index contributed by atoms with van der Waals surface area (Å²) in [7, 11) is 0. The molecule has 5 heteroatoms. The number of hydrogen-bond acceptors (Lipinski definition) is 3. The number of nitrogens with one attached hydrogen (secondary N) is 1. The molecule has 2 rings (SSSR count). The summed E-state index contributed by atoms with van der Waals surface area (Å²) >= 11 is 4.77. The molecule has 0 saturated carbocycles. The van der Waals surface area contributed by atoms with Crippen LogP contribution in [-0.4, -0.2) is 10.9 Å². The van der Waals surface area contributed by atoms with E-state index in [-0.39, 0.29) is 5.91 Å². The smallest absolute Gasteiger partial charge is 0.245 e. The van der Waals surface area contributed by atoms with Crippen LogP contribution in [-0.2, 0) is 4.79 Å². The van der Waals surface area contributed by atoms with Gasteiger partial charge < -0.3 is 5.32 Å². The molecule has 0 radical (unpaired) electrons. The van der Waals surface area contributed by atoms with Crippen molar-refractivity contribution in [1.82, 2.24) is 4.98 Å². The average molecular weight is 297 g/mol. The Kier molecular flexibility index (Phi) is 3.69. The monoisotopic (exact) mass is 296 g/mol. The normalized spacial score (nSPS) is 12.1. The minimum absolute atomic E-state index is 0.110. The van der Waals surface area contributed by atoms with E-state index < -0.39 is 4.83 Å². The van der Waals surface area contributed by atoms with Gasteiger partial charge in [0.2, 0.25) is 5.91 Å². The molecule has 0 spiro atoms. The van der Waals surface area contributed by atoms with E-state index in [4.69, 9.17) is 0 Å². The van der Waals surface area contributed by atoms with Gasteiger partial charge in [-0.1, -0.05) is 34.1 Å². The first-order chi connectivity index (χ1) is 7.77. The summed E-state index contributed by atoms with van der Waals surface area (Å²) in [5.41, 5.74) is 0.786. The summed E-state index contributed by atoms with van der Waals surface area (Å²) < 4.78 is 0. The summed E-state index contributed by atoms with van der Waals surface area (Å²) in [6, 6.07) is 9.35. The number of alkyl halides is 1. The third-order valence-corrected chi connectivity index (χ3v) is 3.93. The first kappa shape index (κ1) is 11.3. The zero-order chi connectivity index (χ0) is 11.4. The minimum atomic E-state index is -0.396. The molecule has 0 aliphatic rings. The molecule has 1 amide bonds. The first-order valence-corrected chi connectivity index (χ1v) is 6.46. The summed E-state index contributed by atoms with van der Waals surface area (Å²) in [5, 5.41) is 5.42. The fraction of sp³-hybridized carbons (Fsp3) is 0.0909. The van der Waals surface area contributed by atoms with Crippen LogP contribution in [0.2, 0.25) is 0 Å². The predicted molar refractivity (Wildman–Crippen MR) is 68.9 cm³/mol. The van der Waals surface area contributed by atoms with Gasteiger partial charge in [-0.2, -0.15) is 0 Å². The maximum atomic E-state index is 11.8. The minimum Gasteiger partial charge on any atom is -0.325 e. The number of aromatic nitrogens is 1. The van der Waals surface area contributed by atoms with E-state index in [2.05, 4.69) is 26.2 Å². The number of rotatable bonds is 3. The number of anilines is 1.